The number of carbonyl (C=O) groups is 2. The number of aryl methyl sites for hydroxylation is 1. The summed E-state index contributed by atoms with van der Waals surface area (Å²) < 4.78 is 2.25. The van der Waals surface area contributed by atoms with E-state index in [0.29, 0.717) is 22.5 Å². The molecule has 2 fully saturated rings. The van der Waals surface area contributed by atoms with Crippen molar-refractivity contribution in [3.8, 4) is 11.4 Å². The van der Waals surface area contributed by atoms with Crippen LogP contribution in [0.5, 0.6) is 0 Å². The minimum absolute atomic E-state index is 0.127. The molecular formula is C66H80N10O2S2. The number of hydrogen-bond acceptors (Lipinski definition) is 11. The van der Waals surface area contributed by atoms with Gasteiger partial charge in [0.1, 0.15) is 11.3 Å². The molecular weight excluding hydrogens is 1030 g/mol. The van der Waals surface area contributed by atoms with Crippen LogP contribution in [0.1, 0.15) is 145 Å². The normalized spacial score (nSPS) is 13.4. The summed E-state index contributed by atoms with van der Waals surface area (Å²) in [4.78, 5) is 44.0. The Morgan fingerprint density at radius 3 is 1.85 bits per heavy atom. The van der Waals surface area contributed by atoms with E-state index >= 15 is 0 Å². The van der Waals surface area contributed by atoms with Gasteiger partial charge in [-0.05, 0) is 148 Å². The first-order chi connectivity index (χ1) is 39.0. The highest BCUT2D eigenvalue weighted by Crippen LogP contribution is 2.34. The van der Waals surface area contributed by atoms with Crippen molar-refractivity contribution >= 4 is 90.1 Å². The van der Waals surface area contributed by atoms with Crippen LogP contribution in [-0.2, 0) is 6.42 Å². The average molecular weight is 1110 g/mol. The van der Waals surface area contributed by atoms with E-state index in [9.17, 15) is 9.59 Å². The number of nitrogens with one attached hydrogen (secondary N) is 4. The summed E-state index contributed by atoms with van der Waals surface area (Å²) >= 11 is 3.08. The summed E-state index contributed by atoms with van der Waals surface area (Å²) in [5.41, 5.74) is 20.2. The lowest BCUT2D eigenvalue weighted by Gasteiger charge is -2.25. The molecule has 12 nitrogen and oxygen atoms in total. The van der Waals surface area contributed by atoms with Gasteiger partial charge in [0, 0.05) is 56.6 Å². The number of imidazole rings is 1. The Hall–Kier alpha value is -7.94. The summed E-state index contributed by atoms with van der Waals surface area (Å²) in [5.74, 6) is 1.30. The topological polar surface area (TPSA) is 164 Å². The highest BCUT2D eigenvalue weighted by atomic mass is 32.1. The van der Waals surface area contributed by atoms with Crippen LogP contribution in [0, 0.1) is 18.8 Å². The Kier molecular flexibility index (Phi) is 24.2. The smallest absolute Gasteiger partial charge is 0.255 e. The molecule has 10 rings (SSSR count). The standard InChI is InChI=1S/C31H35N5OS.C29H27N5OS.3C2H6/c1-4-23(18-24-8-7-9-24)13-12-22(3)33-19-21(2)29-20-38-31(36-29)34-26-16-14-25(15-17-26)30(37)35-28-11-6-5-10-27(28)32;1-19-6-2-3-10-24(19)32-28(35)21-12-14-22(15-13-21)31-29-33-25(18-36-29)26-17-30-27-11-5-9-23(34(26)27)16-20-7-4-8-20;3*1-2/h4-6,10-17,19-20,24H,7-9,18,32H2,1-3H3,(H,34,36)(H,35,37);2-3,5-6,9-15,17-18,20H,4,7-8,16H2,1H3,(H,31,33)(H,32,35);3*1-2H3/b13-12-,21-19+,23-4+,33-22+;;;;. The summed E-state index contributed by atoms with van der Waals surface area (Å²) in [6.07, 6.45) is 20.6. The monoisotopic (exact) mass is 1110 g/mol. The third kappa shape index (κ3) is 17.3. The van der Waals surface area contributed by atoms with Crippen molar-refractivity contribution in [2.24, 2.45) is 16.8 Å². The van der Waals surface area contributed by atoms with Gasteiger partial charge in [-0.3, -0.25) is 19.0 Å². The lowest BCUT2D eigenvalue weighted by atomic mass is 9.80. The number of benzene rings is 4. The molecule has 8 aromatic rings. The highest BCUT2D eigenvalue weighted by molar-refractivity contribution is 7.14. The van der Waals surface area contributed by atoms with E-state index in [2.05, 4.69) is 84.4 Å². The van der Waals surface area contributed by atoms with E-state index in [1.807, 2.05) is 153 Å². The molecule has 80 heavy (non-hydrogen) atoms. The minimum Gasteiger partial charge on any atom is -0.397 e. The van der Waals surface area contributed by atoms with Crippen molar-refractivity contribution < 1.29 is 9.59 Å². The lowest BCUT2D eigenvalue weighted by Crippen LogP contribution is -2.15. The number of fused-ring (bicyclic) bond motifs is 1. The summed E-state index contributed by atoms with van der Waals surface area (Å²) in [5, 5.41) is 18.1. The minimum atomic E-state index is -0.210. The number of nitrogens with two attached hydrogens (primary N) is 1. The third-order valence-electron chi connectivity index (χ3n) is 13.5. The molecule has 4 aromatic carbocycles. The number of anilines is 7. The van der Waals surface area contributed by atoms with Gasteiger partial charge in [-0.15, -0.1) is 22.7 Å². The first-order valence-corrected chi connectivity index (χ1v) is 30.0. The van der Waals surface area contributed by atoms with Gasteiger partial charge < -0.3 is 27.0 Å². The van der Waals surface area contributed by atoms with Gasteiger partial charge in [0.05, 0.1) is 29.0 Å². The first kappa shape index (κ1) is 61.3. The molecule has 6 N–H and O–H groups in total. The highest BCUT2D eigenvalue weighted by Gasteiger charge is 2.21. The van der Waals surface area contributed by atoms with Gasteiger partial charge >= 0.3 is 0 Å². The molecule has 2 amide bonds. The van der Waals surface area contributed by atoms with Gasteiger partial charge in [0.2, 0.25) is 0 Å². The van der Waals surface area contributed by atoms with E-state index in [-0.39, 0.29) is 11.8 Å². The average Bonchev–Trinajstić information content (AvgIpc) is 4.27. The molecule has 0 unspecified atom stereocenters. The molecule has 0 spiro atoms. The molecule has 14 heteroatoms. The number of nitrogens with zero attached hydrogens (tertiary/aromatic N) is 5. The molecule has 2 aliphatic carbocycles. The first-order valence-electron chi connectivity index (χ1n) is 28.2. The van der Waals surface area contributed by atoms with Crippen molar-refractivity contribution in [1.82, 2.24) is 19.4 Å². The van der Waals surface area contributed by atoms with Gasteiger partial charge in [0.25, 0.3) is 11.8 Å². The number of hydrogen-bond donors (Lipinski definition) is 5. The Morgan fingerprint density at radius 2 is 1.26 bits per heavy atom. The lowest BCUT2D eigenvalue weighted by molar-refractivity contribution is 0.101. The molecule has 2 saturated carbocycles. The Bertz CT molecular complexity index is 3360. The van der Waals surface area contributed by atoms with E-state index < -0.39 is 0 Å². The maximum atomic E-state index is 12.6. The Morgan fingerprint density at radius 1 is 0.688 bits per heavy atom. The van der Waals surface area contributed by atoms with Crippen LogP contribution in [0.4, 0.5) is 38.7 Å². The Balaban J connectivity index is 0.000000236. The number of amides is 2. The zero-order valence-electron chi connectivity index (χ0n) is 48.3. The zero-order chi connectivity index (χ0) is 57.4. The molecule has 2 aliphatic rings. The number of nitrogen functional groups attached to an aromatic ring is 1. The van der Waals surface area contributed by atoms with Crippen LogP contribution in [-0.4, -0.2) is 36.9 Å². The van der Waals surface area contributed by atoms with Gasteiger partial charge in [0.15, 0.2) is 10.3 Å². The van der Waals surface area contributed by atoms with Gasteiger partial charge in [-0.2, -0.15) is 0 Å². The van der Waals surface area contributed by atoms with Crippen molar-refractivity contribution in [2.45, 2.75) is 121 Å². The second kappa shape index (κ2) is 31.6. The number of pyridine rings is 1. The summed E-state index contributed by atoms with van der Waals surface area (Å²) in [6.45, 7) is 20.1. The fourth-order valence-electron chi connectivity index (χ4n) is 8.62. The van der Waals surface area contributed by atoms with Crippen LogP contribution < -0.4 is 27.0 Å². The number of para-hydroxylation sites is 3. The maximum Gasteiger partial charge on any atom is 0.255 e. The molecule has 0 atom stereocenters. The molecule has 0 bridgehead atoms. The van der Waals surface area contributed by atoms with E-state index in [4.69, 9.17) is 15.7 Å². The number of allylic oxidation sites excluding steroid dienone is 5. The van der Waals surface area contributed by atoms with Gasteiger partial charge in [-0.25, -0.2) is 15.0 Å². The number of aliphatic imine (C=N–C) groups is 1. The third-order valence-corrected chi connectivity index (χ3v) is 15.0. The van der Waals surface area contributed by atoms with Crippen LogP contribution in [0.15, 0.2) is 167 Å². The van der Waals surface area contributed by atoms with E-state index in [1.165, 1.54) is 67.5 Å². The second-order valence-electron chi connectivity index (χ2n) is 18.9. The van der Waals surface area contributed by atoms with Crippen molar-refractivity contribution in [3.05, 3.63) is 190 Å². The van der Waals surface area contributed by atoms with E-state index in [0.717, 1.165) is 85.2 Å². The van der Waals surface area contributed by atoms with Crippen LogP contribution in [0.2, 0.25) is 0 Å². The largest absolute Gasteiger partial charge is 0.397 e. The molecule has 418 valence electrons. The van der Waals surface area contributed by atoms with Crippen LogP contribution in [0.3, 0.4) is 0 Å². The second-order valence-corrected chi connectivity index (χ2v) is 20.6. The predicted octanol–water partition coefficient (Wildman–Crippen LogP) is 18.4. The number of carbonyl (C=O) groups excluding carboxylic acids is 2. The van der Waals surface area contributed by atoms with Crippen molar-refractivity contribution in [1.29, 1.82) is 0 Å². The molecule has 4 heterocycles. The fourth-order valence-corrected chi connectivity index (χ4v) is 10.1. The molecule has 0 radical (unpaired) electrons. The zero-order valence-corrected chi connectivity index (χ0v) is 49.9. The van der Waals surface area contributed by atoms with Crippen molar-refractivity contribution in [3.63, 3.8) is 0 Å². The number of rotatable bonds is 17. The maximum absolute atomic E-state index is 12.6. The quantitative estimate of drug-likeness (QED) is 0.0342. The molecule has 0 saturated heterocycles. The predicted molar refractivity (Wildman–Crippen MR) is 343 cm³/mol. The fraction of sp³-hybridized carbons (Fsp3) is 0.303. The van der Waals surface area contributed by atoms with Gasteiger partial charge in [-0.1, -0.05) is 134 Å². The van der Waals surface area contributed by atoms with Crippen molar-refractivity contribution in [2.75, 3.05) is 27.0 Å². The number of aromatic nitrogens is 4. The number of thiazole rings is 2. The summed E-state index contributed by atoms with van der Waals surface area (Å²) in [7, 11) is 0. The molecule has 0 aliphatic heterocycles. The van der Waals surface area contributed by atoms with E-state index in [1.54, 1.807) is 35.6 Å². The SMILES string of the molecule is CC.CC.CC.C\C=C(/C=C\C(C)=N\C=C(/C)c1csc(Nc2ccc(C(=O)Nc3ccccc3N)cc2)n1)CC1CCC1.Cc1ccccc1NC(=O)c1ccc(Nc2nc(-c3cnc4cccc(CC5CCC5)n34)cs2)cc1. The Labute approximate surface area is 482 Å². The van der Waals surface area contributed by atoms with Crippen LogP contribution >= 0.6 is 22.7 Å². The van der Waals surface area contributed by atoms with Crippen LogP contribution in [0.25, 0.3) is 22.6 Å². The molecule has 4 aromatic heterocycles. The summed E-state index contributed by atoms with van der Waals surface area (Å²) in [6, 6.07) is 36.0.